The number of aliphatic hydroxyl groups is 1. The van der Waals surface area contributed by atoms with Crippen LogP contribution in [0.25, 0.3) is 21.5 Å². The first kappa shape index (κ1) is 24.7. The molecular formula is C24H24F3N5O2S. The summed E-state index contributed by atoms with van der Waals surface area (Å²) >= 11 is 1.60. The lowest BCUT2D eigenvalue weighted by molar-refractivity contribution is -0.274. The van der Waals surface area contributed by atoms with Crippen LogP contribution in [0.2, 0.25) is 0 Å². The van der Waals surface area contributed by atoms with Crippen LogP contribution in [-0.4, -0.2) is 39.1 Å². The first-order valence-corrected chi connectivity index (χ1v) is 11.7. The number of ether oxygens (including phenoxy) is 1. The van der Waals surface area contributed by atoms with E-state index in [1.165, 1.54) is 18.2 Å². The molecule has 2 aromatic heterocycles. The number of aliphatic hydroxyl groups excluding tert-OH is 1. The van der Waals surface area contributed by atoms with Gasteiger partial charge < -0.3 is 20.5 Å². The van der Waals surface area contributed by atoms with Crippen molar-refractivity contribution in [1.82, 2.24) is 15.0 Å². The molecule has 3 N–H and O–H groups in total. The Morgan fingerprint density at radius 1 is 1.06 bits per heavy atom. The summed E-state index contributed by atoms with van der Waals surface area (Å²) in [4.78, 5) is 13.5. The molecule has 0 aliphatic heterocycles. The molecule has 0 unspecified atom stereocenters. The van der Waals surface area contributed by atoms with Gasteiger partial charge in [0, 0.05) is 17.3 Å². The molecule has 2 heterocycles. The first-order valence-electron chi connectivity index (χ1n) is 10.9. The number of benzene rings is 2. The molecule has 0 saturated carbocycles. The number of rotatable bonds is 8. The van der Waals surface area contributed by atoms with E-state index in [1.54, 1.807) is 23.5 Å². The van der Waals surface area contributed by atoms with Crippen molar-refractivity contribution in [2.24, 2.45) is 5.92 Å². The molecular weight excluding hydrogens is 479 g/mol. The normalized spacial score (nSPS) is 12.7. The van der Waals surface area contributed by atoms with Gasteiger partial charge in [0.15, 0.2) is 0 Å². The minimum absolute atomic E-state index is 0.0856. The van der Waals surface area contributed by atoms with Crippen molar-refractivity contribution in [1.29, 1.82) is 0 Å². The lowest BCUT2D eigenvalue weighted by Gasteiger charge is -2.21. The number of fused-ring (bicyclic) bond motifs is 1. The Bertz CT molecular complexity index is 1330. The van der Waals surface area contributed by atoms with Gasteiger partial charge in [-0.1, -0.05) is 26.0 Å². The molecule has 4 aromatic rings. The van der Waals surface area contributed by atoms with Crippen molar-refractivity contribution in [3.05, 3.63) is 53.5 Å². The summed E-state index contributed by atoms with van der Waals surface area (Å²) in [6.07, 6.45) is -4.80. The lowest BCUT2D eigenvalue weighted by Crippen LogP contribution is -2.30. The first-order chi connectivity index (χ1) is 16.6. The molecule has 0 radical (unpaired) electrons. The summed E-state index contributed by atoms with van der Waals surface area (Å²) in [5.41, 5.74) is 2.39. The number of alkyl halides is 3. The summed E-state index contributed by atoms with van der Waals surface area (Å²) in [6.45, 7) is 5.69. The van der Waals surface area contributed by atoms with Crippen LogP contribution in [0.5, 0.6) is 5.75 Å². The van der Waals surface area contributed by atoms with E-state index < -0.39 is 6.36 Å². The molecule has 7 nitrogen and oxygen atoms in total. The Balaban J connectivity index is 1.72. The second-order valence-corrected chi connectivity index (χ2v) is 9.49. The molecule has 1 atom stereocenters. The molecule has 0 amide bonds. The SMILES string of the molecule is Cc1nc2cc(Nc3cc(-c4cccc(OC(F)(F)F)c4)nc(N[C@@H](CO)C(C)C)n3)ccc2s1. The summed E-state index contributed by atoms with van der Waals surface area (Å²) in [5, 5.41) is 17.0. The molecule has 35 heavy (non-hydrogen) atoms. The highest BCUT2D eigenvalue weighted by molar-refractivity contribution is 7.18. The van der Waals surface area contributed by atoms with Crippen LogP contribution < -0.4 is 15.4 Å². The van der Waals surface area contributed by atoms with E-state index in [1.807, 2.05) is 39.0 Å². The fourth-order valence-corrected chi connectivity index (χ4v) is 4.24. The molecule has 184 valence electrons. The van der Waals surface area contributed by atoms with Crippen LogP contribution in [0.4, 0.5) is 30.6 Å². The number of aromatic nitrogens is 3. The van der Waals surface area contributed by atoms with Crippen LogP contribution in [0.3, 0.4) is 0 Å². The van der Waals surface area contributed by atoms with Crippen LogP contribution in [0.15, 0.2) is 48.5 Å². The van der Waals surface area contributed by atoms with Gasteiger partial charge in [-0.15, -0.1) is 24.5 Å². The van der Waals surface area contributed by atoms with Crippen molar-refractivity contribution >= 4 is 39.0 Å². The largest absolute Gasteiger partial charge is 0.573 e. The number of nitrogens with zero attached hydrogens (tertiary/aromatic N) is 3. The van der Waals surface area contributed by atoms with E-state index in [0.717, 1.165) is 20.9 Å². The maximum absolute atomic E-state index is 12.7. The monoisotopic (exact) mass is 503 g/mol. The molecule has 0 aliphatic carbocycles. The maximum Gasteiger partial charge on any atom is 0.573 e. The Morgan fingerprint density at radius 2 is 1.86 bits per heavy atom. The number of hydrogen-bond donors (Lipinski definition) is 3. The van der Waals surface area contributed by atoms with Crippen LogP contribution >= 0.6 is 11.3 Å². The zero-order chi connectivity index (χ0) is 25.2. The van der Waals surface area contributed by atoms with E-state index >= 15 is 0 Å². The van der Waals surface area contributed by atoms with Gasteiger partial charge in [-0.2, -0.15) is 4.98 Å². The maximum atomic E-state index is 12.7. The number of aryl methyl sites for hydroxylation is 1. The molecule has 2 aromatic carbocycles. The highest BCUT2D eigenvalue weighted by atomic mass is 32.1. The summed E-state index contributed by atoms with van der Waals surface area (Å²) in [6, 6.07) is 12.7. The molecule has 0 bridgehead atoms. The molecule has 0 saturated heterocycles. The summed E-state index contributed by atoms with van der Waals surface area (Å²) in [7, 11) is 0. The Hall–Kier alpha value is -3.44. The number of halogens is 3. The molecule has 0 fully saturated rings. The third kappa shape index (κ3) is 6.37. The minimum Gasteiger partial charge on any atom is -0.406 e. The van der Waals surface area contributed by atoms with Gasteiger partial charge in [0.2, 0.25) is 5.95 Å². The van der Waals surface area contributed by atoms with E-state index in [-0.39, 0.29) is 30.3 Å². The third-order valence-corrected chi connectivity index (χ3v) is 6.12. The summed E-state index contributed by atoms with van der Waals surface area (Å²) < 4.78 is 43.3. The van der Waals surface area contributed by atoms with Gasteiger partial charge in [0.05, 0.1) is 33.6 Å². The van der Waals surface area contributed by atoms with Crippen LogP contribution in [0, 0.1) is 12.8 Å². The number of anilines is 3. The molecule has 0 spiro atoms. The standard InChI is InChI=1S/C24H24F3N5O2S/c1-13(2)20(12-33)31-23-30-18(15-5-4-6-17(9-15)34-24(25,26)27)11-22(32-23)29-16-7-8-21-19(10-16)28-14(3)35-21/h4-11,13,20,33H,12H2,1-3H3,(H2,29,30,31,32)/t20-/m0/s1. The second kappa shape index (κ2) is 10.0. The fourth-order valence-electron chi connectivity index (χ4n) is 3.43. The van der Waals surface area contributed by atoms with Crippen molar-refractivity contribution in [2.45, 2.75) is 33.2 Å². The summed E-state index contributed by atoms with van der Waals surface area (Å²) in [5.74, 6) is 0.386. The molecule has 0 aliphatic rings. The van der Waals surface area contributed by atoms with Crippen molar-refractivity contribution in [3.8, 4) is 17.0 Å². The van der Waals surface area contributed by atoms with Gasteiger partial charge in [0.1, 0.15) is 11.6 Å². The van der Waals surface area contributed by atoms with Crippen molar-refractivity contribution in [3.63, 3.8) is 0 Å². The number of nitrogens with one attached hydrogen (secondary N) is 2. The average Bonchev–Trinajstić information content (AvgIpc) is 3.15. The Kier molecular flexibility index (Phi) is 7.08. The van der Waals surface area contributed by atoms with Gasteiger partial charge >= 0.3 is 6.36 Å². The molecule has 11 heteroatoms. The van der Waals surface area contributed by atoms with Crippen LogP contribution in [0.1, 0.15) is 18.9 Å². The van der Waals surface area contributed by atoms with Crippen molar-refractivity contribution in [2.75, 3.05) is 17.2 Å². The smallest absolute Gasteiger partial charge is 0.406 e. The second-order valence-electron chi connectivity index (χ2n) is 8.26. The molecule has 4 rings (SSSR count). The van der Waals surface area contributed by atoms with E-state index in [4.69, 9.17) is 0 Å². The van der Waals surface area contributed by atoms with E-state index in [2.05, 4.69) is 30.3 Å². The lowest BCUT2D eigenvalue weighted by atomic mass is 10.1. The van der Waals surface area contributed by atoms with E-state index in [9.17, 15) is 18.3 Å². The zero-order valence-corrected chi connectivity index (χ0v) is 20.0. The van der Waals surface area contributed by atoms with Crippen LogP contribution in [-0.2, 0) is 0 Å². The Labute approximate surface area is 204 Å². The fraction of sp³-hybridized carbons (Fsp3) is 0.292. The minimum atomic E-state index is -4.80. The quantitative estimate of drug-likeness (QED) is 0.266. The topological polar surface area (TPSA) is 92.2 Å². The third-order valence-electron chi connectivity index (χ3n) is 5.17. The predicted molar refractivity (Wildman–Crippen MR) is 131 cm³/mol. The Morgan fingerprint density at radius 3 is 2.57 bits per heavy atom. The van der Waals surface area contributed by atoms with Gasteiger partial charge in [0.25, 0.3) is 0 Å². The highest BCUT2D eigenvalue weighted by Gasteiger charge is 2.31. The predicted octanol–water partition coefficient (Wildman–Crippen LogP) is 6.13. The highest BCUT2D eigenvalue weighted by Crippen LogP contribution is 2.30. The van der Waals surface area contributed by atoms with E-state index in [0.29, 0.717) is 17.1 Å². The van der Waals surface area contributed by atoms with Crippen molar-refractivity contribution < 1.29 is 23.0 Å². The van der Waals surface area contributed by atoms with Gasteiger partial charge in [-0.3, -0.25) is 0 Å². The number of thiazole rings is 1. The average molecular weight is 504 g/mol. The number of hydrogen-bond acceptors (Lipinski definition) is 8. The zero-order valence-electron chi connectivity index (χ0n) is 19.2. The van der Waals surface area contributed by atoms with Gasteiger partial charge in [-0.25, -0.2) is 9.97 Å². The van der Waals surface area contributed by atoms with Gasteiger partial charge in [-0.05, 0) is 43.2 Å².